The summed E-state index contributed by atoms with van der Waals surface area (Å²) in [5.41, 5.74) is 3.16. The normalized spacial score (nSPS) is 11.0. The maximum absolute atomic E-state index is 13.7. The van der Waals surface area contributed by atoms with Crippen LogP contribution in [0.2, 0.25) is 10.0 Å². The van der Waals surface area contributed by atoms with Crippen LogP contribution in [-0.4, -0.2) is 4.98 Å². The van der Waals surface area contributed by atoms with Crippen LogP contribution in [0.4, 0.5) is 4.39 Å². The minimum atomic E-state index is -0.266. The van der Waals surface area contributed by atoms with Gasteiger partial charge in [0.1, 0.15) is 5.82 Å². The molecule has 0 aliphatic carbocycles. The van der Waals surface area contributed by atoms with Crippen molar-refractivity contribution in [1.29, 1.82) is 0 Å². The first-order valence-corrected chi connectivity index (χ1v) is 8.49. The molecular formula is C21H12Cl2FN. The van der Waals surface area contributed by atoms with Crippen LogP contribution in [0, 0.1) is 5.82 Å². The van der Waals surface area contributed by atoms with Crippen LogP contribution in [0.15, 0.2) is 72.9 Å². The molecule has 3 aromatic carbocycles. The van der Waals surface area contributed by atoms with E-state index in [1.54, 1.807) is 30.5 Å². The van der Waals surface area contributed by atoms with Crippen molar-refractivity contribution in [1.82, 2.24) is 4.98 Å². The van der Waals surface area contributed by atoms with Crippen LogP contribution in [0.5, 0.6) is 0 Å². The topological polar surface area (TPSA) is 12.9 Å². The van der Waals surface area contributed by atoms with Crippen LogP contribution >= 0.6 is 23.2 Å². The van der Waals surface area contributed by atoms with Gasteiger partial charge in [-0.2, -0.15) is 0 Å². The predicted molar refractivity (Wildman–Crippen MR) is 103 cm³/mol. The molecule has 0 unspecified atom stereocenters. The van der Waals surface area contributed by atoms with E-state index in [1.807, 2.05) is 30.3 Å². The van der Waals surface area contributed by atoms with Gasteiger partial charge in [0.05, 0.1) is 15.7 Å². The van der Waals surface area contributed by atoms with Gasteiger partial charge in [-0.05, 0) is 46.8 Å². The molecule has 1 nitrogen and oxygen atoms in total. The molecule has 0 N–H and O–H groups in total. The van der Waals surface area contributed by atoms with E-state index in [4.69, 9.17) is 23.2 Å². The quantitative estimate of drug-likeness (QED) is 0.371. The van der Waals surface area contributed by atoms with Gasteiger partial charge in [-0.15, -0.1) is 0 Å². The maximum atomic E-state index is 13.7. The molecule has 0 fully saturated rings. The van der Waals surface area contributed by atoms with E-state index in [0.29, 0.717) is 21.3 Å². The Kier molecular flexibility index (Phi) is 4.16. The van der Waals surface area contributed by atoms with Crippen molar-refractivity contribution in [2.75, 3.05) is 0 Å². The van der Waals surface area contributed by atoms with Crippen molar-refractivity contribution in [2.45, 2.75) is 0 Å². The summed E-state index contributed by atoms with van der Waals surface area (Å²) in [5, 5.41) is 2.97. The van der Waals surface area contributed by atoms with Gasteiger partial charge >= 0.3 is 0 Å². The highest BCUT2D eigenvalue weighted by Gasteiger charge is 2.14. The molecule has 0 bridgehead atoms. The first kappa shape index (κ1) is 16.1. The van der Waals surface area contributed by atoms with E-state index >= 15 is 0 Å². The highest BCUT2D eigenvalue weighted by molar-refractivity contribution is 6.39. The zero-order valence-electron chi connectivity index (χ0n) is 13.0. The third-order valence-electron chi connectivity index (χ3n) is 4.14. The molecule has 0 aliphatic heterocycles. The van der Waals surface area contributed by atoms with Gasteiger partial charge in [-0.25, -0.2) is 4.39 Å². The van der Waals surface area contributed by atoms with Gasteiger partial charge in [0.2, 0.25) is 0 Å². The summed E-state index contributed by atoms with van der Waals surface area (Å²) in [7, 11) is 0. The molecule has 0 aliphatic rings. The molecule has 4 heteroatoms. The first-order chi connectivity index (χ1) is 12.1. The number of halogens is 3. The lowest BCUT2D eigenvalue weighted by molar-refractivity contribution is 0.628. The Labute approximate surface area is 154 Å². The number of hydrogen-bond acceptors (Lipinski definition) is 1. The summed E-state index contributed by atoms with van der Waals surface area (Å²) in [6.07, 6.45) is 1.72. The highest BCUT2D eigenvalue weighted by atomic mass is 35.5. The van der Waals surface area contributed by atoms with Crippen LogP contribution < -0.4 is 0 Å². The third-order valence-corrected chi connectivity index (χ3v) is 4.77. The van der Waals surface area contributed by atoms with Gasteiger partial charge < -0.3 is 0 Å². The standard InChI is InChI=1S/C21H12Cl2FN/c22-18-8-3-9-19(23)20(18)21-17-7-2-6-15(16(17)10-11-25-21)13-4-1-5-14(24)12-13/h1-12H. The molecule has 0 amide bonds. The number of pyridine rings is 1. The van der Waals surface area contributed by atoms with Crippen molar-refractivity contribution >= 4 is 34.0 Å². The summed E-state index contributed by atoms with van der Waals surface area (Å²) in [6, 6.07) is 19.7. The highest BCUT2D eigenvalue weighted by Crippen LogP contribution is 2.39. The second-order valence-corrected chi connectivity index (χ2v) is 6.48. The van der Waals surface area contributed by atoms with Gasteiger partial charge in [0, 0.05) is 17.1 Å². The molecule has 1 aromatic heterocycles. The minimum absolute atomic E-state index is 0.266. The fourth-order valence-electron chi connectivity index (χ4n) is 3.04. The lowest BCUT2D eigenvalue weighted by Gasteiger charge is -2.12. The molecule has 0 radical (unpaired) electrons. The number of nitrogens with zero attached hydrogens (tertiary/aromatic N) is 1. The molecule has 1 heterocycles. The number of fused-ring (bicyclic) bond motifs is 1. The van der Waals surface area contributed by atoms with Crippen molar-refractivity contribution in [3.8, 4) is 22.4 Å². The summed E-state index contributed by atoms with van der Waals surface area (Å²) in [5.74, 6) is -0.266. The second-order valence-electron chi connectivity index (χ2n) is 5.67. The van der Waals surface area contributed by atoms with E-state index in [9.17, 15) is 4.39 Å². The Morgan fingerprint density at radius 3 is 2.24 bits per heavy atom. The van der Waals surface area contributed by atoms with Crippen molar-refractivity contribution in [2.24, 2.45) is 0 Å². The van der Waals surface area contributed by atoms with Crippen molar-refractivity contribution < 1.29 is 4.39 Å². The molecule has 0 saturated carbocycles. The SMILES string of the molecule is Fc1cccc(-c2cccc3c(-c4c(Cl)cccc4Cl)nccc23)c1. The van der Waals surface area contributed by atoms with Crippen LogP contribution in [-0.2, 0) is 0 Å². The monoisotopic (exact) mass is 367 g/mol. The summed E-state index contributed by atoms with van der Waals surface area (Å²) in [4.78, 5) is 4.51. The fraction of sp³-hybridized carbons (Fsp3) is 0. The average molecular weight is 368 g/mol. The van der Waals surface area contributed by atoms with Gasteiger partial charge in [-0.1, -0.05) is 59.6 Å². The maximum Gasteiger partial charge on any atom is 0.123 e. The molecule has 0 saturated heterocycles. The summed E-state index contributed by atoms with van der Waals surface area (Å²) >= 11 is 12.7. The van der Waals surface area contributed by atoms with E-state index in [-0.39, 0.29) is 5.82 Å². The first-order valence-electron chi connectivity index (χ1n) is 7.73. The van der Waals surface area contributed by atoms with E-state index < -0.39 is 0 Å². The van der Waals surface area contributed by atoms with E-state index in [2.05, 4.69) is 4.98 Å². The predicted octanol–water partition coefficient (Wildman–Crippen LogP) is 7.01. The average Bonchev–Trinajstić information content (AvgIpc) is 2.61. The number of hydrogen-bond donors (Lipinski definition) is 0. The Balaban J connectivity index is 2.03. The lowest BCUT2D eigenvalue weighted by Crippen LogP contribution is -1.90. The Morgan fingerprint density at radius 2 is 1.48 bits per heavy atom. The van der Waals surface area contributed by atoms with Crippen LogP contribution in [0.25, 0.3) is 33.2 Å². The number of benzene rings is 3. The molecule has 122 valence electrons. The number of aromatic nitrogens is 1. The van der Waals surface area contributed by atoms with Crippen LogP contribution in [0.3, 0.4) is 0 Å². The zero-order chi connectivity index (χ0) is 17.4. The van der Waals surface area contributed by atoms with Gasteiger partial charge in [0.15, 0.2) is 0 Å². The Bertz CT molecular complexity index is 1070. The molecule has 0 atom stereocenters. The third kappa shape index (κ3) is 2.88. The number of rotatable bonds is 2. The zero-order valence-corrected chi connectivity index (χ0v) is 14.5. The molecule has 4 rings (SSSR count). The summed E-state index contributed by atoms with van der Waals surface area (Å²) < 4.78 is 13.7. The Morgan fingerprint density at radius 1 is 0.760 bits per heavy atom. The minimum Gasteiger partial charge on any atom is -0.255 e. The van der Waals surface area contributed by atoms with Gasteiger partial charge in [-0.3, -0.25) is 4.98 Å². The molecule has 0 spiro atoms. The van der Waals surface area contributed by atoms with Crippen molar-refractivity contribution in [3.05, 3.63) is 88.8 Å². The van der Waals surface area contributed by atoms with Crippen LogP contribution in [0.1, 0.15) is 0 Å². The van der Waals surface area contributed by atoms with E-state index in [1.165, 1.54) is 12.1 Å². The van der Waals surface area contributed by atoms with E-state index in [0.717, 1.165) is 21.9 Å². The lowest BCUT2D eigenvalue weighted by atomic mass is 9.96. The smallest absolute Gasteiger partial charge is 0.123 e. The molecule has 4 aromatic rings. The molecular weight excluding hydrogens is 356 g/mol. The van der Waals surface area contributed by atoms with Crippen molar-refractivity contribution in [3.63, 3.8) is 0 Å². The fourth-order valence-corrected chi connectivity index (χ4v) is 3.61. The summed E-state index contributed by atoms with van der Waals surface area (Å²) in [6.45, 7) is 0. The Hall–Kier alpha value is -2.42. The second kappa shape index (κ2) is 6.47. The van der Waals surface area contributed by atoms with Gasteiger partial charge in [0.25, 0.3) is 0 Å². The largest absolute Gasteiger partial charge is 0.255 e. The molecule has 25 heavy (non-hydrogen) atoms.